The number of hydrogen-bond donors (Lipinski definition) is 2. The van der Waals surface area contributed by atoms with Crippen LogP contribution in [0.15, 0.2) is 12.4 Å². The van der Waals surface area contributed by atoms with E-state index in [1.54, 1.807) is 18.9 Å². The second-order valence-electron chi connectivity index (χ2n) is 2.70. The fourth-order valence-corrected chi connectivity index (χ4v) is 0.932. The van der Waals surface area contributed by atoms with Gasteiger partial charge in [0.1, 0.15) is 5.82 Å². The highest BCUT2D eigenvalue weighted by Gasteiger charge is 1.97. The quantitative estimate of drug-likeness (QED) is 0.665. The van der Waals surface area contributed by atoms with Crippen molar-refractivity contribution in [3.8, 4) is 0 Å². The van der Waals surface area contributed by atoms with Gasteiger partial charge in [0.15, 0.2) is 0 Å². The molecule has 1 aromatic heterocycles. The normalized spacial score (nSPS) is 9.92. The minimum Gasteiger partial charge on any atom is -0.351 e. The molecular formula is C9H14N3O. The fraction of sp³-hybridized carbons (Fsp3) is 0.444. The lowest BCUT2D eigenvalue weighted by molar-refractivity contribution is -0.120. The van der Waals surface area contributed by atoms with E-state index in [2.05, 4.69) is 15.3 Å². The van der Waals surface area contributed by atoms with Crippen LogP contribution in [0, 0.1) is 6.54 Å². The van der Waals surface area contributed by atoms with Gasteiger partial charge in [-0.25, -0.2) is 4.98 Å². The van der Waals surface area contributed by atoms with E-state index in [0.717, 1.165) is 18.7 Å². The average Bonchev–Trinajstić information content (AvgIpc) is 2.64. The maximum absolute atomic E-state index is 10.8. The van der Waals surface area contributed by atoms with Crippen LogP contribution < -0.4 is 5.32 Å². The molecule has 1 radical (unpaired) electrons. The van der Waals surface area contributed by atoms with Crippen molar-refractivity contribution < 1.29 is 4.79 Å². The zero-order chi connectivity index (χ0) is 9.52. The van der Waals surface area contributed by atoms with Gasteiger partial charge < -0.3 is 10.3 Å². The molecular weight excluding hydrogens is 166 g/mol. The molecule has 0 fully saturated rings. The maximum Gasteiger partial charge on any atom is 0.220 e. The van der Waals surface area contributed by atoms with E-state index < -0.39 is 0 Å². The van der Waals surface area contributed by atoms with Gasteiger partial charge in [-0.15, -0.1) is 0 Å². The Labute approximate surface area is 77.8 Å². The van der Waals surface area contributed by atoms with Crippen molar-refractivity contribution >= 4 is 5.91 Å². The summed E-state index contributed by atoms with van der Waals surface area (Å²) in [4.78, 5) is 17.9. The van der Waals surface area contributed by atoms with Crippen molar-refractivity contribution in [3.05, 3.63) is 24.8 Å². The van der Waals surface area contributed by atoms with Crippen LogP contribution >= 0.6 is 0 Å². The molecule has 1 amide bonds. The first kappa shape index (κ1) is 9.77. The zero-order valence-electron chi connectivity index (χ0n) is 7.71. The highest BCUT2D eigenvalue weighted by atomic mass is 16.1. The van der Waals surface area contributed by atoms with Crippen LogP contribution in [0.3, 0.4) is 0 Å². The van der Waals surface area contributed by atoms with Gasteiger partial charge in [0, 0.05) is 31.8 Å². The van der Waals surface area contributed by atoms with Crippen LogP contribution in [-0.2, 0) is 11.2 Å². The second-order valence-corrected chi connectivity index (χ2v) is 2.70. The van der Waals surface area contributed by atoms with Crippen molar-refractivity contribution in [2.45, 2.75) is 26.2 Å². The second kappa shape index (κ2) is 5.35. The summed E-state index contributed by atoms with van der Waals surface area (Å²) in [5, 5.41) is 2.69. The number of nitrogens with one attached hydrogen (secondary N) is 2. The number of hydrogen-bond acceptors (Lipinski definition) is 2. The summed E-state index contributed by atoms with van der Waals surface area (Å²) >= 11 is 0. The lowest BCUT2D eigenvalue weighted by atomic mass is 10.3. The molecule has 1 rings (SSSR count). The van der Waals surface area contributed by atoms with E-state index >= 15 is 0 Å². The Morgan fingerprint density at radius 2 is 2.62 bits per heavy atom. The molecule has 1 aromatic rings. The molecule has 1 heterocycles. The minimum absolute atomic E-state index is 0.0550. The van der Waals surface area contributed by atoms with E-state index in [-0.39, 0.29) is 5.91 Å². The van der Waals surface area contributed by atoms with Crippen LogP contribution in [-0.4, -0.2) is 15.9 Å². The summed E-state index contributed by atoms with van der Waals surface area (Å²) in [6.07, 6.45) is 5.67. The predicted molar refractivity (Wildman–Crippen MR) is 49.6 cm³/mol. The first-order valence-electron chi connectivity index (χ1n) is 4.42. The molecule has 2 N–H and O–H groups in total. The van der Waals surface area contributed by atoms with Gasteiger partial charge in [0.05, 0.1) is 0 Å². The van der Waals surface area contributed by atoms with Crippen LogP contribution in [0.2, 0.25) is 0 Å². The van der Waals surface area contributed by atoms with Crippen molar-refractivity contribution in [2.24, 2.45) is 0 Å². The van der Waals surface area contributed by atoms with E-state index in [9.17, 15) is 4.79 Å². The molecule has 0 aliphatic carbocycles. The van der Waals surface area contributed by atoms with Gasteiger partial charge >= 0.3 is 0 Å². The Balaban J connectivity index is 2.05. The number of aromatic nitrogens is 2. The number of rotatable bonds is 5. The molecule has 0 unspecified atom stereocenters. The lowest BCUT2D eigenvalue weighted by Crippen LogP contribution is -2.19. The summed E-state index contributed by atoms with van der Waals surface area (Å²) in [6.45, 7) is 3.60. The van der Waals surface area contributed by atoms with Gasteiger partial charge in [-0.1, -0.05) is 6.92 Å². The molecule has 0 atom stereocenters. The minimum atomic E-state index is 0.0550. The Morgan fingerprint density at radius 3 is 3.23 bits per heavy atom. The summed E-state index contributed by atoms with van der Waals surface area (Å²) < 4.78 is 0. The molecule has 0 aliphatic rings. The Bertz CT molecular complexity index is 243. The SMILES string of the molecule is CCC(=O)N[CH]CCc1ncc[nH]1. The maximum atomic E-state index is 10.8. The monoisotopic (exact) mass is 180 g/mol. The van der Waals surface area contributed by atoms with Crippen molar-refractivity contribution in [3.63, 3.8) is 0 Å². The van der Waals surface area contributed by atoms with Crippen molar-refractivity contribution in [1.29, 1.82) is 0 Å². The van der Waals surface area contributed by atoms with Gasteiger partial charge in [-0.3, -0.25) is 4.79 Å². The largest absolute Gasteiger partial charge is 0.351 e. The number of amides is 1. The molecule has 0 saturated heterocycles. The molecule has 4 heteroatoms. The topological polar surface area (TPSA) is 57.8 Å². The number of H-pyrrole nitrogens is 1. The molecule has 13 heavy (non-hydrogen) atoms. The summed E-state index contributed by atoms with van der Waals surface area (Å²) in [7, 11) is 0. The fourth-order valence-electron chi connectivity index (χ4n) is 0.932. The van der Waals surface area contributed by atoms with Crippen LogP contribution in [0.5, 0.6) is 0 Å². The Hall–Kier alpha value is -1.32. The molecule has 0 bridgehead atoms. The molecule has 0 spiro atoms. The number of aryl methyl sites for hydroxylation is 1. The molecule has 71 valence electrons. The van der Waals surface area contributed by atoms with E-state index in [0.29, 0.717) is 6.42 Å². The smallest absolute Gasteiger partial charge is 0.220 e. The van der Waals surface area contributed by atoms with E-state index in [1.165, 1.54) is 0 Å². The van der Waals surface area contributed by atoms with Gasteiger partial charge in [-0.05, 0) is 6.42 Å². The third-order valence-corrected chi connectivity index (χ3v) is 1.66. The van der Waals surface area contributed by atoms with Gasteiger partial charge in [0.2, 0.25) is 5.91 Å². The van der Waals surface area contributed by atoms with Crippen molar-refractivity contribution in [1.82, 2.24) is 15.3 Å². The van der Waals surface area contributed by atoms with Crippen LogP contribution in [0.4, 0.5) is 0 Å². The van der Waals surface area contributed by atoms with Gasteiger partial charge in [-0.2, -0.15) is 0 Å². The third-order valence-electron chi connectivity index (χ3n) is 1.66. The highest BCUT2D eigenvalue weighted by Crippen LogP contribution is 1.95. The van der Waals surface area contributed by atoms with E-state index in [1.807, 2.05) is 6.92 Å². The average molecular weight is 180 g/mol. The molecule has 0 aliphatic heterocycles. The zero-order valence-corrected chi connectivity index (χ0v) is 7.71. The lowest BCUT2D eigenvalue weighted by Gasteiger charge is -2.00. The molecule has 0 saturated carbocycles. The Kier molecular flexibility index (Phi) is 4.02. The summed E-state index contributed by atoms with van der Waals surface area (Å²) in [6, 6.07) is 0. The first-order valence-corrected chi connectivity index (χ1v) is 4.42. The number of imidazole rings is 1. The standard InChI is InChI=1S/C9H14N3O/c1-2-9(13)12-5-3-4-8-10-6-7-11-8/h5-7H,2-4H2,1H3,(H,10,11)(H,12,13). The van der Waals surface area contributed by atoms with E-state index in [4.69, 9.17) is 0 Å². The summed E-state index contributed by atoms with van der Waals surface area (Å²) in [5.41, 5.74) is 0. The first-order chi connectivity index (χ1) is 6.33. The molecule has 4 nitrogen and oxygen atoms in total. The van der Waals surface area contributed by atoms with Crippen molar-refractivity contribution in [2.75, 3.05) is 0 Å². The van der Waals surface area contributed by atoms with Crippen LogP contribution in [0.1, 0.15) is 25.6 Å². The van der Waals surface area contributed by atoms with Crippen LogP contribution in [0.25, 0.3) is 0 Å². The number of carbonyl (C=O) groups is 1. The number of aromatic amines is 1. The highest BCUT2D eigenvalue weighted by molar-refractivity contribution is 5.76. The van der Waals surface area contributed by atoms with Gasteiger partial charge in [0.25, 0.3) is 0 Å². The number of nitrogens with zero attached hydrogens (tertiary/aromatic N) is 1. The summed E-state index contributed by atoms with van der Waals surface area (Å²) in [5.74, 6) is 1.00. The molecule has 0 aromatic carbocycles. The third kappa shape index (κ3) is 3.73. The predicted octanol–water partition coefficient (Wildman–Crippen LogP) is 1.03. The number of carbonyl (C=O) groups excluding carboxylic acids is 1. The Morgan fingerprint density at radius 1 is 1.77 bits per heavy atom.